The number of nitro groups is 2. The van der Waals surface area contributed by atoms with Crippen LogP contribution in [0.15, 0.2) is 107 Å². The summed E-state index contributed by atoms with van der Waals surface area (Å²) in [7, 11) is 0. The highest BCUT2D eigenvalue weighted by molar-refractivity contribution is 5.92. The molecular weight excluding hydrogens is 688 g/mol. The number of carbonyl (C=O) groups excluding carboxylic acids is 4. The largest absolute Gasteiger partial charge is 0.423 e. The maximum atomic E-state index is 12.4. The molecule has 0 bridgehead atoms. The predicted octanol–water partition coefficient (Wildman–Crippen LogP) is 6.27. The van der Waals surface area contributed by atoms with Crippen LogP contribution in [0.2, 0.25) is 0 Å². The number of non-ortho nitro benzene ring substituents is 2. The number of benzene rings is 4. The van der Waals surface area contributed by atoms with Gasteiger partial charge in [-0.3, -0.25) is 29.8 Å². The Labute approximate surface area is 302 Å². The number of unbranched alkanes of at least 4 members (excludes halogenated alkanes) is 4. The highest BCUT2D eigenvalue weighted by Gasteiger charge is 2.13. The van der Waals surface area contributed by atoms with Crippen molar-refractivity contribution >= 4 is 47.6 Å². The molecule has 4 aromatic carbocycles. The molecule has 2 amide bonds. The minimum atomic E-state index is -0.678. The molecule has 0 saturated carbocycles. The molecule has 0 aliphatic heterocycles. The molecule has 0 aliphatic rings. The lowest BCUT2D eigenvalue weighted by Gasteiger charge is -2.05. The van der Waals surface area contributed by atoms with Crippen molar-refractivity contribution in [2.45, 2.75) is 44.9 Å². The van der Waals surface area contributed by atoms with Crippen LogP contribution in [0.5, 0.6) is 11.5 Å². The van der Waals surface area contributed by atoms with Crippen LogP contribution in [0.4, 0.5) is 11.4 Å². The number of hydrogen-bond donors (Lipinski definition) is 2. The maximum Gasteiger partial charge on any atom is 0.343 e. The molecule has 0 saturated heterocycles. The summed E-state index contributed by atoms with van der Waals surface area (Å²) in [6.07, 6.45) is 7.10. The summed E-state index contributed by atoms with van der Waals surface area (Å²) in [6, 6.07) is 23.1. The standard InChI is InChI=1S/C37H34N6O10/c44-34(40-38-24-26-8-6-10-32(22-26)52-36(46)28-14-18-30(19-15-28)42(48)49)12-4-2-1-3-5-13-35(45)41-39-25-27-9-7-11-33(23-27)53-37(47)29-16-20-31(21-17-29)43(50)51/h6-11,14-25H,1-5,12-13H2,(H,40,44)(H,41,45). The number of nitro benzene ring substituents is 2. The van der Waals surface area contributed by atoms with E-state index >= 15 is 0 Å². The zero-order chi connectivity index (χ0) is 38.0. The van der Waals surface area contributed by atoms with E-state index < -0.39 is 21.8 Å². The number of nitrogens with zero attached hydrogens (tertiary/aromatic N) is 4. The summed E-state index contributed by atoms with van der Waals surface area (Å²) >= 11 is 0. The van der Waals surface area contributed by atoms with Crippen LogP contribution >= 0.6 is 0 Å². The second-order valence-electron chi connectivity index (χ2n) is 11.4. The van der Waals surface area contributed by atoms with E-state index in [0.717, 1.165) is 19.3 Å². The van der Waals surface area contributed by atoms with Crippen molar-refractivity contribution in [3.63, 3.8) is 0 Å². The molecule has 2 N–H and O–H groups in total. The minimum Gasteiger partial charge on any atom is -0.423 e. The zero-order valence-electron chi connectivity index (χ0n) is 28.2. The van der Waals surface area contributed by atoms with Crippen LogP contribution in [0.3, 0.4) is 0 Å². The Balaban J connectivity index is 1.06. The Morgan fingerprint density at radius 1 is 0.566 bits per heavy atom. The van der Waals surface area contributed by atoms with Gasteiger partial charge in [0.15, 0.2) is 0 Å². The topological polar surface area (TPSA) is 222 Å². The van der Waals surface area contributed by atoms with E-state index in [9.17, 15) is 39.4 Å². The van der Waals surface area contributed by atoms with Crippen molar-refractivity contribution < 1.29 is 38.5 Å². The summed E-state index contributed by atoms with van der Waals surface area (Å²) < 4.78 is 10.7. The molecule has 0 aromatic heterocycles. The lowest BCUT2D eigenvalue weighted by atomic mass is 10.1. The van der Waals surface area contributed by atoms with Gasteiger partial charge in [-0.2, -0.15) is 10.2 Å². The maximum absolute atomic E-state index is 12.4. The highest BCUT2D eigenvalue weighted by Crippen LogP contribution is 2.18. The summed E-state index contributed by atoms with van der Waals surface area (Å²) in [4.78, 5) is 69.5. The third-order valence-electron chi connectivity index (χ3n) is 7.38. The van der Waals surface area contributed by atoms with Gasteiger partial charge in [0.1, 0.15) is 11.5 Å². The Hall–Kier alpha value is -7.10. The number of rotatable bonds is 18. The number of carbonyl (C=O) groups is 4. The van der Waals surface area contributed by atoms with Gasteiger partial charge >= 0.3 is 11.9 Å². The van der Waals surface area contributed by atoms with Gasteiger partial charge in [0.25, 0.3) is 11.4 Å². The van der Waals surface area contributed by atoms with E-state index in [1.165, 1.54) is 61.0 Å². The van der Waals surface area contributed by atoms with Gasteiger partial charge in [-0.05, 0) is 72.5 Å². The van der Waals surface area contributed by atoms with E-state index in [2.05, 4.69) is 21.1 Å². The van der Waals surface area contributed by atoms with Crippen LogP contribution in [0, 0.1) is 20.2 Å². The second-order valence-corrected chi connectivity index (χ2v) is 11.4. The number of hydrogen-bond acceptors (Lipinski definition) is 12. The average Bonchev–Trinajstić information content (AvgIpc) is 3.15. The third kappa shape index (κ3) is 13.3. The summed E-state index contributed by atoms with van der Waals surface area (Å²) in [5.41, 5.74) is 6.11. The van der Waals surface area contributed by atoms with E-state index in [1.807, 2.05) is 0 Å². The van der Waals surface area contributed by atoms with Crippen molar-refractivity contribution in [1.29, 1.82) is 0 Å². The van der Waals surface area contributed by atoms with Crippen molar-refractivity contribution in [2.75, 3.05) is 0 Å². The van der Waals surface area contributed by atoms with Gasteiger partial charge in [-0.15, -0.1) is 0 Å². The molecule has 16 nitrogen and oxygen atoms in total. The minimum absolute atomic E-state index is 0.139. The van der Waals surface area contributed by atoms with Crippen molar-refractivity contribution in [1.82, 2.24) is 10.9 Å². The molecule has 0 atom stereocenters. The molecule has 0 fully saturated rings. The molecule has 0 unspecified atom stereocenters. The fourth-order valence-electron chi connectivity index (χ4n) is 4.66. The number of nitrogens with one attached hydrogen (secondary N) is 2. The monoisotopic (exact) mass is 722 g/mol. The third-order valence-corrected chi connectivity index (χ3v) is 7.38. The first kappa shape index (κ1) is 38.7. The van der Waals surface area contributed by atoms with Crippen molar-refractivity contribution in [3.05, 3.63) is 140 Å². The molecule has 0 radical (unpaired) electrons. The first-order valence-corrected chi connectivity index (χ1v) is 16.3. The Kier molecular flexibility index (Phi) is 14.5. The fourth-order valence-corrected chi connectivity index (χ4v) is 4.66. The highest BCUT2D eigenvalue weighted by atomic mass is 16.6. The summed E-state index contributed by atoms with van der Waals surface area (Å²) in [5, 5.41) is 29.5. The van der Waals surface area contributed by atoms with Crippen LogP contribution in [-0.4, -0.2) is 46.0 Å². The van der Waals surface area contributed by atoms with Gasteiger partial charge in [-0.1, -0.05) is 43.5 Å². The van der Waals surface area contributed by atoms with Crippen molar-refractivity contribution in [3.8, 4) is 11.5 Å². The molecule has 4 aromatic rings. The first-order valence-electron chi connectivity index (χ1n) is 16.3. The quantitative estimate of drug-likeness (QED) is 0.0292. The molecule has 0 spiro atoms. The Morgan fingerprint density at radius 2 is 0.943 bits per heavy atom. The van der Waals surface area contributed by atoms with E-state index in [0.29, 0.717) is 24.0 Å². The Bertz CT molecular complexity index is 1850. The number of ether oxygens (including phenoxy) is 2. The van der Waals surface area contributed by atoms with E-state index in [-0.39, 0.29) is 58.7 Å². The summed E-state index contributed by atoms with van der Waals surface area (Å²) in [6.45, 7) is 0. The van der Waals surface area contributed by atoms with Gasteiger partial charge < -0.3 is 9.47 Å². The normalized spacial score (nSPS) is 10.9. The molecule has 16 heteroatoms. The average molecular weight is 723 g/mol. The molecule has 0 aliphatic carbocycles. The summed E-state index contributed by atoms with van der Waals surface area (Å²) in [5.74, 6) is -1.39. The lowest BCUT2D eigenvalue weighted by Crippen LogP contribution is -2.17. The molecule has 272 valence electrons. The Morgan fingerprint density at radius 3 is 1.32 bits per heavy atom. The van der Waals surface area contributed by atoms with E-state index in [4.69, 9.17) is 9.47 Å². The molecule has 0 heterocycles. The zero-order valence-corrected chi connectivity index (χ0v) is 28.2. The van der Waals surface area contributed by atoms with Gasteiger partial charge in [0.05, 0.1) is 33.4 Å². The van der Waals surface area contributed by atoms with Crippen LogP contribution in [-0.2, 0) is 9.59 Å². The first-order chi connectivity index (χ1) is 25.6. The molecule has 4 rings (SSSR count). The number of amides is 2. The molecular formula is C37H34N6O10. The van der Waals surface area contributed by atoms with Crippen LogP contribution in [0.25, 0.3) is 0 Å². The van der Waals surface area contributed by atoms with Crippen LogP contribution < -0.4 is 20.3 Å². The lowest BCUT2D eigenvalue weighted by molar-refractivity contribution is -0.385. The fraction of sp³-hybridized carbons (Fsp3) is 0.189. The smallest absolute Gasteiger partial charge is 0.343 e. The van der Waals surface area contributed by atoms with Gasteiger partial charge in [0, 0.05) is 37.1 Å². The number of esters is 2. The SMILES string of the molecule is O=C(CCCCCCCC(=O)NN=Cc1cccc(OC(=O)c2ccc([N+](=O)[O-])cc2)c1)NN=Cc1cccc(OC(=O)c2ccc([N+](=O)[O-])cc2)c1. The number of hydrazone groups is 2. The molecule has 53 heavy (non-hydrogen) atoms. The van der Waals surface area contributed by atoms with Crippen molar-refractivity contribution in [2.24, 2.45) is 10.2 Å². The van der Waals surface area contributed by atoms with Gasteiger partial charge in [-0.25, -0.2) is 20.4 Å². The second kappa shape index (κ2) is 19.9. The van der Waals surface area contributed by atoms with Gasteiger partial charge in [0.2, 0.25) is 11.8 Å². The predicted molar refractivity (Wildman–Crippen MR) is 193 cm³/mol. The van der Waals surface area contributed by atoms with Crippen LogP contribution in [0.1, 0.15) is 76.8 Å². The van der Waals surface area contributed by atoms with E-state index in [1.54, 1.807) is 48.5 Å².